The van der Waals surface area contributed by atoms with Crippen molar-refractivity contribution in [3.8, 4) is 11.1 Å². The molecule has 0 amide bonds. The van der Waals surface area contributed by atoms with Crippen molar-refractivity contribution >= 4 is 17.3 Å². The maximum Gasteiger partial charge on any atom is 0.0466 e. The minimum absolute atomic E-state index is 0.440. The molecule has 2 aromatic rings. The average Bonchev–Trinajstić information content (AvgIpc) is 2.37. The van der Waals surface area contributed by atoms with Gasteiger partial charge >= 0.3 is 0 Å². The van der Waals surface area contributed by atoms with Crippen molar-refractivity contribution in [2.24, 2.45) is 0 Å². The van der Waals surface area contributed by atoms with Crippen LogP contribution < -0.4 is 4.90 Å². The quantitative estimate of drug-likeness (QED) is 0.765. The first kappa shape index (κ1) is 11.5. The Bertz CT molecular complexity index is 593. The van der Waals surface area contributed by atoms with Crippen LogP contribution in [0.5, 0.6) is 0 Å². The second kappa shape index (κ2) is 4.29. The predicted octanol–water partition coefficient (Wildman–Crippen LogP) is 4.13. The number of nitrogens with zero attached hydrogens (tertiary/aromatic N) is 2. The van der Waals surface area contributed by atoms with Crippen molar-refractivity contribution in [3.05, 3.63) is 47.2 Å². The summed E-state index contributed by atoms with van der Waals surface area (Å²) in [6.45, 7) is 5.30. The molecule has 0 N–H and O–H groups in total. The molecule has 1 aromatic carbocycles. The summed E-state index contributed by atoms with van der Waals surface area (Å²) >= 11 is 6.13. The van der Waals surface area contributed by atoms with E-state index in [1.54, 1.807) is 0 Å². The van der Waals surface area contributed by atoms with Crippen LogP contribution >= 0.6 is 11.6 Å². The van der Waals surface area contributed by atoms with Gasteiger partial charge in [0.05, 0.1) is 0 Å². The van der Waals surface area contributed by atoms with Gasteiger partial charge in [0.2, 0.25) is 0 Å². The van der Waals surface area contributed by atoms with Gasteiger partial charge in [0.25, 0.3) is 0 Å². The molecule has 2 nitrogen and oxygen atoms in total. The molecule has 0 unspecified atom stereocenters. The second-order valence-corrected chi connectivity index (χ2v) is 5.35. The molecule has 0 spiro atoms. The standard InChI is InChI=1S/C15H15ClN2/c1-10(2)18-9-11-8-17-6-5-13(11)14-4-3-12(16)7-15(14)18/h3-8,10H,9H2,1-2H3. The summed E-state index contributed by atoms with van der Waals surface area (Å²) < 4.78 is 0. The molecular weight excluding hydrogens is 244 g/mol. The Balaban J connectivity index is 2.24. The Morgan fingerprint density at radius 2 is 2.06 bits per heavy atom. The van der Waals surface area contributed by atoms with E-state index < -0.39 is 0 Å². The summed E-state index contributed by atoms with van der Waals surface area (Å²) in [7, 11) is 0. The van der Waals surface area contributed by atoms with Gasteiger partial charge in [-0.2, -0.15) is 0 Å². The van der Waals surface area contributed by atoms with E-state index in [0.717, 1.165) is 11.6 Å². The molecule has 0 saturated carbocycles. The third-order valence-corrected chi connectivity index (χ3v) is 3.66. The average molecular weight is 259 g/mol. The number of pyridine rings is 1. The van der Waals surface area contributed by atoms with Crippen LogP contribution in [0.1, 0.15) is 19.4 Å². The van der Waals surface area contributed by atoms with Gasteiger partial charge in [0.15, 0.2) is 0 Å². The summed E-state index contributed by atoms with van der Waals surface area (Å²) in [6, 6.07) is 8.63. The van der Waals surface area contributed by atoms with Crippen LogP contribution in [0.3, 0.4) is 0 Å². The molecule has 1 aliphatic heterocycles. The highest BCUT2D eigenvalue weighted by molar-refractivity contribution is 6.31. The van der Waals surface area contributed by atoms with Crippen LogP contribution in [0.15, 0.2) is 36.7 Å². The van der Waals surface area contributed by atoms with Gasteiger partial charge in [-0.05, 0) is 43.2 Å². The van der Waals surface area contributed by atoms with E-state index in [1.165, 1.54) is 22.4 Å². The summed E-state index contributed by atoms with van der Waals surface area (Å²) in [6.07, 6.45) is 3.81. The number of benzene rings is 1. The summed E-state index contributed by atoms with van der Waals surface area (Å²) in [4.78, 5) is 6.60. The van der Waals surface area contributed by atoms with Crippen LogP contribution in [0.4, 0.5) is 5.69 Å². The zero-order valence-electron chi connectivity index (χ0n) is 10.5. The molecule has 2 heterocycles. The van der Waals surface area contributed by atoms with Crippen molar-refractivity contribution in [2.45, 2.75) is 26.4 Å². The van der Waals surface area contributed by atoms with Gasteiger partial charge in [-0.15, -0.1) is 0 Å². The van der Waals surface area contributed by atoms with Gasteiger partial charge in [0.1, 0.15) is 0 Å². The van der Waals surface area contributed by atoms with Crippen LogP contribution in [-0.4, -0.2) is 11.0 Å². The lowest BCUT2D eigenvalue weighted by atomic mass is 9.94. The van der Waals surface area contributed by atoms with E-state index in [0.29, 0.717) is 6.04 Å². The number of hydrogen-bond acceptors (Lipinski definition) is 2. The van der Waals surface area contributed by atoms with Crippen molar-refractivity contribution < 1.29 is 0 Å². The lowest BCUT2D eigenvalue weighted by Crippen LogP contribution is -2.33. The molecule has 1 aromatic heterocycles. The first-order valence-electron chi connectivity index (χ1n) is 6.16. The highest BCUT2D eigenvalue weighted by Crippen LogP contribution is 2.40. The molecule has 0 atom stereocenters. The normalized spacial score (nSPS) is 13.4. The van der Waals surface area contributed by atoms with E-state index in [4.69, 9.17) is 11.6 Å². The van der Waals surface area contributed by atoms with E-state index in [9.17, 15) is 0 Å². The van der Waals surface area contributed by atoms with Gasteiger partial charge in [-0.3, -0.25) is 4.98 Å². The van der Waals surface area contributed by atoms with Gasteiger partial charge in [0, 0.05) is 41.3 Å². The monoisotopic (exact) mass is 258 g/mol. The Morgan fingerprint density at radius 1 is 1.22 bits per heavy atom. The first-order chi connectivity index (χ1) is 8.66. The van der Waals surface area contributed by atoms with Crippen LogP contribution in [0, 0.1) is 0 Å². The zero-order valence-corrected chi connectivity index (χ0v) is 11.3. The number of hydrogen-bond donors (Lipinski definition) is 0. The van der Waals surface area contributed by atoms with Crippen molar-refractivity contribution in [1.82, 2.24) is 4.98 Å². The van der Waals surface area contributed by atoms with Crippen molar-refractivity contribution in [1.29, 1.82) is 0 Å². The van der Waals surface area contributed by atoms with Crippen molar-refractivity contribution in [3.63, 3.8) is 0 Å². The minimum atomic E-state index is 0.440. The predicted molar refractivity (Wildman–Crippen MR) is 76.0 cm³/mol. The Hall–Kier alpha value is -1.54. The summed E-state index contributed by atoms with van der Waals surface area (Å²) in [5.41, 5.74) is 5.02. The Labute approximate surface area is 112 Å². The number of halogens is 1. The maximum absolute atomic E-state index is 6.13. The van der Waals surface area contributed by atoms with Crippen LogP contribution in [0.25, 0.3) is 11.1 Å². The number of anilines is 1. The van der Waals surface area contributed by atoms with Crippen LogP contribution in [0.2, 0.25) is 5.02 Å². The molecule has 0 bridgehead atoms. The fourth-order valence-corrected chi connectivity index (χ4v) is 2.68. The highest BCUT2D eigenvalue weighted by Gasteiger charge is 2.23. The van der Waals surface area contributed by atoms with Gasteiger partial charge in [-0.25, -0.2) is 0 Å². The fourth-order valence-electron chi connectivity index (χ4n) is 2.52. The van der Waals surface area contributed by atoms with Gasteiger partial charge in [-0.1, -0.05) is 17.7 Å². The molecule has 3 heteroatoms. The van der Waals surface area contributed by atoms with E-state index in [1.807, 2.05) is 18.5 Å². The second-order valence-electron chi connectivity index (χ2n) is 4.92. The molecule has 0 saturated heterocycles. The number of aromatic nitrogens is 1. The topological polar surface area (TPSA) is 16.1 Å². The maximum atomic E-state index is 6.13. The van der Waals surface area contributed by atoms with Crippen molar-refractivity contribution in [2.75, 3.05) is 4.90 Å². The third-order valence-electron chi connectivity index (χ3n) is 3.43. The van der Waals surface area contributed by atoms with E-state index in [-0.39, 0.29) is 0 Å². The molecular formula is C15H15ClN2. The lowest BCUT2D eigenvalue weighted by Gasteiger charge is -2.35. The number of rotatable bonds is 1. The van der Waals surface area contributed by atoms with Crippen LogP contribution in [-0.2, 0) is 6.54 Å². The molecule has 0 aliphatic carbocycles. The smallest absolute Gasteiger partial charge is 0.0466 e. The largest absolute Gasteiger partial charge is 0.364 e. The lowest BCUT2D eigenvalue weighted by molar-refractivity contribution is 0.677. The molecule has 0 radical (unpaired) electrons. The minimum Gasteiger partial charge on any atom is -0.364 e. The number of fused-ring (bicyclic) bond motifs is 3. The molecule has 1 aliphatic rings. The Kier molecular flexibility index (Phi) is 2.75. The Morgan fingerprint density at radius 3 is 2.83 bits per heavy atom. The third kappa shape index (κ3) is 1.77. The molecule has 92 valence electrons. The van der Waals surface area contributed by atoms with E-state index in [2.05, 4.69) is 41.9 Å². The van der Waals surface area contributed by atoms with E-state index >= 15 is 0 Å². The fraction of sp³-hybridized carbons (Fsp3) is 0.267. The summed E-state index contributed by atoms with van der Waals surface area (Å²) in [5.74, 6) is 0. The SMILES string of the molecule is CC(C)N1Cc2cnccc2-c2ccc(Cl)cc21. The van der Waals surface area contributed by atoms with Gasteiger partial charge < -0.3 is 4.90 Å². The first-order valence-corrected chi connectivity index (χ1v) is 6.54. The molecule has 18 heavy (non-hydrogen) atoms. The highest BCUT2D eigenvalue weighted by atomic mass is 35.5. The summed E-state index contributed by atoms with van der Waals surface area (Å²) in [5, 5.41) is 0.789. The molecule has 0 fully saturated rings. The molecule has 3 rings (SSSR count). The zero-order chi connectivity index (χ0) is 12.7.